The lowest BCUT2D eigenvalue weighted by atomic mass is 10.2. The molecular weight excluding hydrogens is 428 g/mol. The molecule has 0 saturated heterocycles. The molecule has 0 atom stereocenters. The van der Waals surface area contributed by atoms with Gasteiger partial charge < -0.3 is 5.32 Å². The number of anilines is 1. The van der Waals surface area contributed by atoms with Crippen molar-refractivity contribution in [3.63, 3.8) is 0 Å². The Hall–Kier alpha value is -1.83. The summed E-state index contributed by atoms with van der Waals surface area (Å²) >= 11 is 1.64. The molecule has 170 valence electrons. The molecular formula is C24H34N2O3S2. The van der Waals surface area contributed by atoms with Crippen molar-refractivity contribution in [2.45, 2.75) is 68.4 Å². The molecule has 0 fully saturated rings. The summed E-state index contributed by atoms with van der Waals surface area (Å²) in [7, 11) is -3.55. The first-order valence-corrected chi connectivity index (χ1v) is 13.3. The number of nitrogens with one attached hydrogen (secondary N) is 1. The molecule has 0 aliphatic rings. The summed E-state index contributed by atoms with van der Waals surface area (Å²) < 4.78 is 27.7. The highest BCUT2D eigenvalue weighted by molar-refractivity contribution is 8.00. The average Bonchev–Trinajstić information content (AvgIpc) is 2.74. The SMILES string of the molecule is CCCCN(CCCC)S(=O)(=O)c1ccc(NC(=O)c2ccccc2SC(C)C)cc1. The second-order valence-electron chi connectivity index (χ2n) is 7.75. The fourth-order valence-electron chi connectivity index (χ4n) is 3.09. The second kappa shape index (κ2) is 12.3. The lowest BCUT2D eigenvalue weighted by Crippen LogP contribution is -2.33. The van der Waals surface area contributed by atoms with Crippen LogP contribution in [0, 0.1) is 0 Å². The third-order valence-corrected chi connectivity index (χ3v) is 7.76. The number of benzene rings is 2. The van der Waals surface area contributed by atoms with Gasteiger partial charge in [-0.2, -0.15) is 4.31 Å². The second-order valence-corrected chi connectivity index (χ2v) is 11.3. The van der Waals surface area contributed by atoms with Gasteiger partial charge in [-0.1, -0.05) is 52.7 Å². The summed E-state index contributed by atoms with van der Waals surface area (Å²) in [6.07, 6.45) is 3.56. The van der Waals surface area contributed by atoms with Crippen molar-refractivity contribution in [2.75, 3.05) is 18.4 Å². The number of carbonyl (C=O) groups excluding carboxylic acids is 1. The van der Waals surface area contributed by atoms with Crippen LogP contribution in [0.25, 0.3) is 0 Å². The Morgan fingerprint density at radius 2 is 1.55 bits per heavy atom. The molecule has 2 rings (SSSR count). The number of thioether (sulfide) groups is 1. The van der Waals surface area contributed by atoms with Crippen LogP contribution in [0.3, 0.4) is 0 Å². The Balaban J connectivity index is 2.16. The molecule has 0 bridgehead atoms. The number of rotatable bonds is 12. The summed E-state index contributed by atoms with van der Waals surface area (Å²) in [4.78, 5) is 14.0. The Labute approximate surface area is 191 Å². The van der Waals surface area contributed by atoms with E-state index < -0.39 is 10.0 Å². The summed E-state index contributed by atoms with van der Waals surface area (Å²) in [6, 6.07) is 14.0. The lowest BCUT2D eigenvalue weighted by Gasteiger charge is -2.22. The maximum Gasteiger partial charge on any atom is 0.256 e. The molecule has 0 aromatic heterocycles. The van der Waals surface area contributed by atoms with Crippen LogP contribution in [0.2, 0.25) is 0 Å². The molecule has 0 heterocycles. The van der Waals surface area contributed by atoms with Gasteiger partial charge in [0, 0.05) is 28.9 Å². The molecule has 31 heavy (non-hydrogen) atoms. The van der Waals surface area contributed by atoms with Crippen LogP contribution in [-0.2, 0) is 10.0 Å². The molecule has 2 aromatic carbocycles. The van der Waals surface area contributed by atoms with Crippen LogP contribution in [0.15, 0.2) is 58.3 Å². The van der Waals surface area contributed by atoms with Crippen LogP contribution in [-0.4, -0.2) is 37.0 Å². The van der Waals surface area contributed by atoms with Crippen LogP contribution < -0.4 is 5.32 Å². The fourth-order valence-corrected chi connectivity index (χ4v) is 5.56. The number of nitrogens with zero attached hydrogens (tertiary/aromatic N) is 1. The zero-order valence-corrected chi connectivity index (χ0v) is 20.6. The maximum absolute atomic E-state index is 13.1. The third kappa shape index (κ3) is 7.37. The van der Waals surface area contributed by atoms with Gasteiger partial charge in [0.05, 0.1) is 10.5 Å². The van der Waals surface area contributed by atoms with E-state index in [-0.39, 0.29) is 10.8 Å². The van der Waals surface area contributed by atoms with Gasteiger partial charge in [-0.05, 0) is 49.2 Å². The van der Waals surface area contributed by atoms with E-state index >= 15 is 0 Å². The van der Waals surface area contributed by atoms with E-state index in [1.165, 1.54) is 0 Å². The van der Waals surface area contributed by atoms with E-state index in [0.717, 1.165) is 30.6 Å². The third-order valence-electron chi connectivity index (χ3n) is 4.77. The number of hydrogen-bond donors (Lipinski definition) is 1. The van der Waals surface area contributed by atoms with Crippen molar-refractivity contribution in [3.05, 3.63) is 54.1 Å². The number of amides is 1. The predicted octanol–water partition coefficient (Wildman–Crippen LogP) is 6.03. The van der Waals surface area contributed by atoms with Crippen molar-refractivity contribution >= 4 is 33.4 Å². The zero-order valence-electron chi connectivity index (χ0n) is 18.9. The van der Waals surface area contributed by atoms with Gasteiger partial charge in [-0.3, -0.25) is 4.79 Å². The van der Waals surface area contributed by atoms with Crippen molar-refractivity contribution in [2.24, 2.45) is 0 Å². The minimum Gasteiger partial charge on any atom is -0.322 e. The molecule has 0 aliphatic carbocycles. The van der Waals surface area contributed by atoms with Gasteiger partial charge in [0.2, 0.25) is 10.0 Å². The number of sulfonamides is 1. The molecule has 0 saturated carbocycles. The Morgan fingerprint density at radius 3 is 2.10 bits per heavy atom. The van der Waals surface area contributed by atoms with Crippen molar-refractivity contribution < 1.29 is 13.2 Å². The maximum atomic E-state index is 13.1. The standard InChI is InChI=1S/C24H34N2O3S2/c1-5-7-17-26(18-8-6-2)31(28,29)21-15-13-20(14-16-21)25-24(27)22-11-9-10-12-23(22)30-19(3)4/h9-16,19H,5-8,17-18H2,1-4H3,(H,25,27). The van der Waals surface area contributed by atoms with Gasteiger partial charge in [-0.15, -0.1) is 11.8 Å². The highest BCUT2D eigenvalue weighted by Gasteiger charge is 2.23. The molecule has 1 N–H and O–H groups in total. The Bertz CT molecular complexity index is 934. The van der Waals surface area contributed by atoms with Gasteiger partial charge in [-0.25, -0.2) is 8.42 Å². The Morgan fingerprint density at radius 1 is 0.968 bits per heavy atom. The van der Waals surface area contributed by atoms with E-state index in [2.05, 4.69) is 33.0 Å². The number of unbranched alkanes of at least 4 members (excludes halogenated alkanes) is 2. The minimum atomic E-state index is -3.55. The first-order chi connectivity index (χ1) is 14.8. The minimum absolute atomic E-state index is 0.202. The van der Waals surface area contributed by atoms with Gasteiger partial charge in [0.25, 0.3) is 5.91 Å². The largest absolute Gasteiger partial charge is 0.322 e. The fraction of sp³-hybridized carbons (Fsp3) is 0.458. The smallest absolute Gasteiger partial charge is 0.256 e. The van der Waals surface area contributed by atoms with E-state index in [0.29, 0.717) is 29.6 Å². The average molecular weight is 463 g/mol. The topological polar surface area (TPSA) is 66.5 Å². The van der Waals surface area contributed by atoms with Gasteiger partial charge >= 0.3 is 0 Å². The molecule has 0 radical (unpaired) electrons. The lowest BCUT2D eigenvalue weighted by molar-refractivity contribution is 0.102. The normalized spacial score (nSPS) is 11.8. The monoisotopic (exact) mass is 462 g/mol. The predicted molar refractivity (Wildman–Crippen MR) is 130 cm³/mol. The first-order valence-electron chi connectivity index (χ1n) is 11.0. The number of hydrogen-bond acceptors (Lipinski definition) is 4. The van der Waals surface area contributed by atoms with Crippen molar-refractivity contribution in [3.8, 4) is 0 Å². The summed E-state index contributed by atoms with van der Waals surface area (Å²) in [5.74, 6) is -0.202. The zero-order chi connectivity index (χ0) is 22.9. The molecule has 1 amide bonds. The van der Waals surface area contributed by atoms with Crippen LogP contribution in [0.1, 0.15) is 63.7 Å². The highest BCUT2D eigenvalue weighted by Crippen LogP contribution is 2.27. The van der Waals surface area contributed by atoms with Gasteiger partial charge in [0.1, 0.15) is 0 Å². The first kappa shape index (κ1) is 25.4. The number of carbonyl (C=O) groups is 1. The molecule has 7 heteroatoms. The molecule has 2 aromatic rings. The van der Waals surface area contributed by atoms with Crippen LogP contribution in [0.4, 0.5) is 5.69 Å². The summed E-state index contributed by atoms with van der Waals surface area (Å²) in [5.41, 5.74) is 1.19. The van der Waals surface area contributed by atoms with E-state index in [1.54, 1.807) is 46.4 Å². The highest BCUT2D eigenvalue weighted by atomic mass is 32.2. The van der Waals surface area contributed by atoms with E-state index in [4.69, 9.17) is 0 Å². The van der Waals surface area contributed by atoms with Gasteiger partial charge in [0.15, 0.2) is 0 Å². The van der Waals surface area contributed by atoms with Crippen LogP contribution >= 0.6 is 11.8 Å². The van der Waals surface area contributed by atoms with Crippen molar-refractivity contribution in [1.82, 2.24) is 4.31 Å². The quantitative estimate of drug-likeness (QED) is 0.391. The Kier molecular flexibility index (Phi) is 10.1. The summed E-state index contributed by atoms with van der Waals surface area (Å²) in [6.45, 7) is 9.34. The van der Waals surface area contributed by atoms with Crippen molar-refractivity contribution in [1.29, 1.82) is 0 Å². The molecule has 0 unspecified atom stereocenters. The molecule has 5 nitrogen and oxygen atoms in total. The molecule has 0 aliphatic heterocycles. The van der Waals surface area contributed by atoms with Crippen LogP contribution in [0.5, 0.6) is 0 Å². The summed E-state index contributed by atoms with van der Waals surface area (Å²) in [5, 5.41) is 3.25. The van der Waals surface area contributed by atoms with E-state index in [1.807, 2.05) is 18.2 Å². The van der Waals surface area contributed by atoms with E-state index in [9.17, 15) is 13.2 Å². The molecule has 0 spiro atoms.